The second-order valence-electron chi connectivity index (χ2n) is 5.17. The monoisotopic (exact) mass is 281 g/mol. The van der Waals surface area contributed by atoms with Crippen LogP contribution in [0.2, 0.25) is 0 Å². The molecule has 3 nitrogen and oxygen atoms in total. The number of hydrogen-bond donors (Lipinski definition) is 1. The zero-order chi connectivity index (χ0) is 13.8. The predicted octanol–water partition coefficient (Wildman–Crippen LogP) is 3.21. The number of fused-ring (bicyclic) bond motifs is 1. The number of aryl methyl sites for hydroxylation is 1. The van der Waals surface area contributed by atoms with Crippen LogP contribution in [0.5, 0.6) is 5.75 Å². The van der Waals surface area contributed by atoms with Crippen molar-refractivity contribution in [3.8, 4) is 5.75 Å². The third kappa shape index (κ3) is 3.63. The summed E-state index contributed by atoms with van der Waals surface area (Å²) < 4.78 is 5.72. The molecule has 1 aliphatic carbocycles. The molecule has 1 aromatic rings. The van der Waals surface area contributed by atoms with E-state index >= 15 is 0 Å². The molecule has 19 heavy (non-hydrogen) atoms. The number of halogens is 1. The Balaban J connectivity index is 2.22. The first kappa shape index (κ1) is 14.2. The smallest absolute Gasteiger partial charge is 0.235 e. The number of amides is 1. The number of alkyl halides is 1. The van der Waals surface area contributed by atoms with Crippen molar-refractivity contribution < 1.29 is 9.53 Å². The quantitative estimate of drug-likeness (QED) is 0.861. The Bertz CT molecular complexity index is 459. The highest BCUT2D eigenvalue weighted by Crippen LogP contribution is 2.32. The molecular weight excluding hydrogens is 262 g/mol. The lowest BCUT2D eigenvalue weighted by Crippen LogP contribution is -2.31. The molecule has 0 aromatic heterocycles. The van der Waals surface area contributed by atoms with Gasteiger partial charge in [-0.3, -0.25) is 4.79 Å². The Kier molecular flexibility index (Phi) is 4.70. The van der Waals surface area contributed by atoms with Crippen LogP contribution in [0, 0.1) is 0 Å². The Hall–Kier alpha value is -1.22. The van der Waals surface area contributed by atoms with Crippen LogP contribution >= 0.6 is 11.6 Å². The third-order valence-corrected chi connectivity index (χ3v) is 3.50. The predicted molar refractivity (Wildman–Crippen MR) is 76.7 cm³/mol. The van der Waals surface area contributed by atoms with E-state index in [1.165, 1.54) is 11.1 Å². The van der Waals surface area contributed by atoms with Gasteiger partial charge in [-0.25, -0.2) is 0 Å². The molecule has 1 atom stereocenters. The number of rotatable bonds is 4. The van der Waals surface area contributed by atoms with E-state index in [-0.39, 0.29) is 23.9 Å². The fourth-order valence-corrected chi connectivity index (χ4v) is 2.58. The molecule has 1 amide bonds. The summed E-state index contributed by atoms with van der Waals surface area (Å²) in [5, 5.41) is 2.98. The van der Waals surface area contributed by atoms with Crippen molar-refractivity contribution in [3.63, 3.8) is 0 Å². The first-order valence-electron chi connectivity index (χ1n) is 6.75. The van der Waals surface area contributed by atoms with Crippen LogP contribution in [0.15, 0.2) is 18.2 Å². The summed E-state index contributed by atoms with van der Waals surface area (Å²) in [6, 6.07) is 6.22. The second-order valence-corrected chi connectivity index (χ2v) is 5.44. The SMILES string of the molecule is CC(C)Oc1ccc2c(c1)[C@H](NC(=O)CCl)CCC2. The summed E-state index contributed by atoms with van der Waals surface area (Å²) in [6.45, 7) is 4.01. The number of carbonyl (C=O) groups excluding carboxylic acids is 1. The van der Waals surface area contributed by atoms with Gasteiger partial charge in [0.25, 0.3) is 0 Å². The molecule has 0 bridgehead atoms. The Morgan fingerprint density at radius 2 is 2.32 bits per heavy atom. The first-order chi connectivity index (χ1) is 9.10. The van der Waals surface area contributed by atoms with E-state index < -0.39 is 0 Å². The summed E-state index contributed by atoms with van der Waals surface area (Å²) in [5.74, 6) is 0.754. The lowest BCUT2D eigenvalue weighted by molar-refractivity contribution is -0.119. The molecule has 4 heteroatoms. The normalized spacial score (nSPS) is 18.0. The lowest BCUT2D eigenvalue weighted by Gasteiger charge is -2.27. The summed E-state index contributed by atoms with van der Waals surface area (Å²) >= 11 is 5.56. The highest BCUT2D eigenvalue weighted by Gasteiger charge is 2.22. The third-order valence-electron chi connectivity index (χ3n) is 3.26. The molecule has 1 aromatic carbocycles. The molecule has 0 fully saturated rings. The maximum Gasteiger partial charge on any atom is 0.235 e. The number of ether oxygens (including phenoxy) is 1. The van der Waals surface area contributed by atoms with Crippen LogP contribution < -0.4 is 10.1 Å². The molecule has 0 aliphatic heterocycles. The van der Waals surface area contributed by atoms with E-state index in [1.807, 2.05) is 26.0 Å². The van der Waals surface area contributed by atoms with E-state index in [4.69, 9.17) is 16.3 Å². The molecule has 0 heterocycles. The summed E-state index contributed by atoms with van der Waals surface area (Å²) in [6.07, 6.45) is 3.26. The van der Waals surface area contributed by atoms with E-state index in [0.717, 1.165) is 25.0 Å². The first-order valence-corrected chi connectivity index (χ1v) is 7.28. The van der Waals surface area contributed by atoms with Crippen molar-refractivity contribution >= 4 is 17.5 Å². The van der Waals surface area contributed by atoms with Crippen molar-refractivity contribution in [2.75, 3.05) is 5.88 Å². The van der Waals surface area contributed by atoms with Crippen LogP contribution in [0.1, 0.15) is 43.9 Å². The van der Waals surface area contributed by atoms with Crippen LogP contribution in [0.4, 0.5) is 0 Å². The molecular formula is C15H20ClNO2. The van der Waals surface area contributed by atoms with E-state index in [2.05, 4.69) is 11.4 Å². The van der Waals surface area contributed by atoms with Gasteiger partial charge in [0.05, 0.1) is 12.1 Å². The number of carbonyl (C=O) groups is 1. The van der Waals surface area contributed by atoms with Gasteiger partial charge in [0.15, 0.2) is 0 Å². The van der Waals surface area contributed by atoms with Crippen LogP contribution in [-0.2, 0) is 11.2 Å². The van der Waals surface area contributed by atoms with Gasteiger partial charge >= 0.3 is 0 Å². The number of hydrogen-bond acceptors (Lipinski definition) is 2. The minimum atomic E-state index is -0.116. The Morgan fingerprint density at radius 1 is 1.53 bits per heavy atom. The van der Waals surface area contributed by atoms with E-state index in [9.17, 15) is 4.79 Å². The number of nitrogens with one attached hydrogen (secondary N) is 1. The lowest BCUT2D eigenvalue weighted by atomic mass is 9.87. The van der Waals surface area contributed by atoms with Gasteiger partial charge < -0.3 is 10.1 Å². The van der Waals surface area contributed by atoms with Gasteiger partial charge in [-0.2, -0.15) is 0 Å². The van der Waals surface area contributed by atoms with Crippen LogP contribution in [0.3, 0.4) is 0 Å². The Labute approximate surface area is 119 Å². The van der Waals surface area contributed by atoms with Gasteiger partial charge in [0.2, 0.25) is 5.91 Å². The largest absolute Gasteiger partial charge is 0.491 e. The van der Waals surface area contributed by atoms with E-state index in [0.29, 0.717) is 0 Å². The topological polar surface area (TPSA) is 38.3 Å². The van der Waals surface area contributed by atoms with Gasteiger partial charge in [0.1, 0.15) is 11.6 Å². The highest BCUT2D eigenvalue weighted by atomic mass is 35.5. The maximum absolute atomic E-state index is 11.5. The van der Waals surface area contributed by atoms with Gasteiger partial charge in [-0.15, -0.1) is 11.6 Å². The zero-order valence-electron chi connectivity index (χ0n) is 11.4. The summed E-state index contributed by atoms with van der Waals surface area (Å²) in [5.41, 5.74) is 2.46. The minimum Gasteiger partial charge on any atom is -0.491 e. The van der Waals surface area contributed by atoms with Crippen molar-refractivity contribution in [2.24, 2.45) is 0 Å². The fraction of sp³-hybridized carbons (Fsp3) is 0.533. The van der Waals surface area contributed by atoms with Crippen molar-refractivity contribution in [2.45, 2.75) is 45.3 Å². The molecule has 2 rings (SSSR count). The standard InChI is InChI=1S/C15H20ClNO2/c1-10(2)19-12-7-6-11-4-3-5-14(13(11)8-12)17-15(18)9-16/h6-8,10,14H,3-5,9H2,1-2H3,(H,17,18)/t14-/m1/s1. The molecule has 0 saturated carbocycles. The van der Waals surface area contributed by atoms with E-state index in [1.54, 1.807) is 0 Å². The minimum absolute atomic E-state index is 0.00795. The fourth-order valence-electron chi connectivity index (χ4n) is 2.51. The van der Waals surface area contributed by atoms with Crippen LogP contribution in [0.25, 0.3) is 0 Å². The van der Waals surface area contributed by atoms with Crippen molar-refractivity contribution in [3.05, 3.63) is 29.3 Å². The Morgan fingerprint density at radius 3 is 3.00 bits per heavy atom. The van der Waals surface area contributed by atoms with Gasteiger partial charge in [0, 0.05) is 0 Å². The summed E-state index contributed by atoms with van der Waals surface area (Å²) in [4.78, 5) is 11.5. The molecule has 0 radical (unpaired) electrons. The average molecular weight is 282 g/mol. The molecule has 0 unspecified atom stereocenters. The summed E-state index contributed by atoms with van der Waals surface area (Å²) in [7, 11) is 0. The molecule has 1 N–H and O–H groups in total. The van der Waals surface area contributed by atoms with Gasteiger partial charge in [-0.05, 0) is 56.4 Å². The maximum atomic E-state index is 11.5. The number of benzene rings is 1. The van der Waals surface area contributed by atoms with Gasteiger partial charge in [-0.1, -0.05) is 6.07 Å². The van der Waals surface area contributed by atoms with Crippen LogP contribution in [-0.4, -0.2) is 17.9 Å². The van der Waals surface area contributed by atoms with Crippen molar-refractivity contribution in [1.29, 1.82) is 0 Å². The second kappa shape index (κ2) is 6.29. The molecule has 0 spiro atoms. The molecule has 104 valence electrons. The average Bonchev–Trinajstić information content (AvgIpc) is 2.38. The molecule has 1 aliphatic rings. The highest BCUT2D eigenvalue weighted by molar-refractivity contribution is 6.27. The van der Waals surface area contributed by atoms with Crippen molar-refractivity contribution in [1.82, 2.24) is 5.32 Å². The zero-order valence-corrected chi connectivity index (χ0v) is 12.2. The molecule has 0 saturated heterocycles.